The Labute approximate surface area is 248 Å². The van der Waals surface area contributed by atoms with E-state index < -0.39 is 0 Å². The summed E-state index contributed by atoms with van der Waals surface area (Å²) in [5.74, 6) is -0.0194. The van der Waals surface area contributed by atoms with Crippen LogP contribution in [0.25, 0.3) is 0 Å². The number of carbonyl (C=O) groups excluding carboxylic acids is 2. The Kier molecular flexibility index (Phi) is 38.4. The zero-order chi connectivity index (χ0) is 28.4. The van der Waals surface area contributed by atoms with Gasteiger partial charge in [-0.3, -0.25) is 9.59 Å². The third-order valence-corrected chi connectivity index (χ3v) is 7.30. The van der Waals surface area contributed by atoms with Crippen LogP contribution in [0.3, 0.4) is 0 Å². The number of unbranched alkanes of at least 4 members (excludes halogenated alkanes) is 22. The second-order valence-corrected chi connectivity index (χ2v) is 11.2. The summed E-state index contributed by atoms with van der Waals surface area (Å²) in [4.78, 5) is 21.6. The van der Waals surface area contributed by atoms with Gasteiger partial charge in [0.25, 0.3) is 0 Å². The summed E-state index contributed by atoms with van der Waals surface area (Å²) >= 11 is 7.72. The Morgan fingerprint density at radius 1 is 0.395 bits per heavy atom. The largest absolute Gasteiger partial charge is 0.465 e. The molecule has 0 aromatic carbocycles. The lowest BCUT2D eigenvalue weighted by Gasteiger charge is -2.04. The third-order valence-electron chi connectivity index (χ3n) is 6.78. The van der Waals surface area contributed by atoms with E-state index in [9.17, 15) is 9.59 Å². The van der Waals surface area contributed by atoms with Gasteiger partial charge in [-0.2, -0.15) is 25.3 Å². The fraction of sp³-hybridized carbons (Fsp3) is 0.938. The molecule has 228 valence electrons. The van der Waals surface area contributed by atoms with Crippen LogP contribution in [0.2, 0.25) is 0 Å². The predicted octanol–water partition coefficient (Wildman–Crippen LogP) is 10.3. The minimum atomic E-state index is -0.202. The van der Waals surface area contributed by atoms with Crippen molar-refractivity contribution in [3.8, 4) is 0 Å². The molecule has 0 spiro atoms. The van der Waals surface area contributed by atoms with Crippen molar-refractivity contribution in [1.82, 2.24) is 0 Å². The lowest BCUT2D eigenvalue weighted by molar-refractivity contribution is -0.141. The van der Waals surface area contributed by atoms with Crippen LogP contribution in [0, 0.1) is 0 Å². The Morgan fingerprint density at radius 3 is 0.816 bits per heavy atom. The summed E-state index contributed by atoms with van der Waals surface area (Å²) in [6.45, 7) is 5.66. The van der Waals surface area contributed by atoms with Crippen LogP contribution in [0.1, 0.15) is 168 Å². The smallest absolute Gasteiger partial charge is 0.315 e. The van der Waals surface area contributed by atoms with E-state index in [-0.39, 0.29) is 23.4 Å². The Morgan fingerprint density at radius 2 is 0.605 bits per heavy atom. The molecular formula is C32H64O4S2. The first-order chi connectivity index (χ1) is 18.6. The van der Waals surface area contributed by atoms with Crippen molar-refractivity contribution in [2.75, 3.05) is 24.7 Å². The van der Waals surface area contributed by atoms with Crippen LogP contribution < -0.4 is 0 Å². The molecule has 0 heterocycles. The average molecular weight is 577 g/mol. The summed E-state index contributed by atoms with van der Waals surface area (Å²) in [6.07, 6.45) is 31.9. The first kappa shape index (κ1) is 39.8. The molecule has 38 heavy (non-hydrogen) atoms. The van der Waals surface area contributed by atoms with E-state index in [1.54, 1.807) is 0 Å². The second kappa shape index (κ2) is 36.6. The normalized spacial score (nSPS) is 10.6. The van der Waals surface area contributed by atoms with Gasteiger partial charge in [0, 0.05) is 0 Å². The Hall–Kier alpha value is -0.360. The molecule has 0 aliphatic carbocycles. The van der Waals surface area contributed by atoms with E-state index in [0.717, 1.165) is 12.8 Å². The highest BCUT2D eigenvalue weighted by Crippen LogP contribution is 2.13. The van der Waals surface area contributed by atoms with Gasteiger partial charge < -0.3 is 9.47 Å². The SMILES string of the molecule is CCCCCCCCCCCCCCOC(=O)CS.CCCCCCCCCCCCCCOC(=O)CS. The van der Waals surface area contributed by atoms with E-state index in [2.05, 4.69) is 39.1 Å². The molecule has 0 aromatic heterocycles. The van der Waals surface area contributed by atoms with E-state index in [4.69, 9.17) is 9.47 Å². The molecule has 4 nitrogen and oxygen atoms in total. The molecule has 0 amide bonds. The fourth-order valence-corrected chi connectivity index (χ4v) is 4.53. The zero-order valence-corrected chi connectivity index (χ0v) is 27.1. The van der Waals surface area contributed by atoms with Crippen LogP contribution in [0.15, 0.2) is 0 Å². The quantitative estimate of drug-likeness (QED) is 0.0552. The minimum Gasteiger partial charge on any atom is -0.465 e. The first-order valence-corrected chi connectivity index (χ1v) is 17.4. The highest BCUT2D eigenvalue weighted by Gasteiger charge is 1.99. The predicted molar refractivity (Wildman–Crippen MR) is 172 cm³/mol. The molecule has 0 radical (unpaired) electrons. The van der Waals surface area contributed by atoms with E-state index in [0.29, 0.717) is 13.2 Å². The fourth-order valence-electron chi connectivity index (χ4n) is 4.35. The number of thiol groups is 2. The summed E-state index contributed by atoms with van der Waals surface area (Å²) in [6, 6.07) is 0. The minimum absolute atomic E-state index is 0.193. The molecule has 0 saturated carbocycles. The lowest BCUT2D eigenvalue weighted by Crippen LogP contribution is -2.06. The van der Waals surface area contributed by atoms with Crippen LogP contribution >= 0.6 is 25.3 Å². The summed E-state index contributed by atoms with van der Waals surface area (Å²) in [7, 11) is 0. The van der Waals surface area contributed by atoms with Crippen molar-refractivity contribution in [2.45, 2.75) is 168 Å². The van der Waals surface area contributed by atoms with Crippen molar-refractivity contribution < 1.29 is 19.1 Å². The van der Waals surface area contributed by atoms with Gasteiger partial charge in [-0.15, -0.1) is 0 Å². The number of esters is 2. The van der Waals surface area contributed by atoms with Crippen molar-refractivity contribution in [1.29, 1.82) is 0 Å². The van der Waals surface area contributed by atoms with Gasteiger partial charge in [0.1, 0.15) is 0 Å². The summed E-state index contributed by atoms with van der Waals surface area (Å²) in [5, 5.41) is 0. The van der Waals surface area contributed by atoms with E-state index in [1.807, 2.05) is 0 Å². The van der Waals surface area contributed by atoms with Crippen molar-refractivity contribution >= 4 is 37.2 Å². The average Bonchev–Trinajstić information content (AvgIpc) is 2.93. The van der Waals surface area contributed by atoms with E-state index >= 15 is 0 Å². The molecule has 0 N–H and O–H groups in total. The second-order valence-electron chi connectivity index (χ2n) is 10.5. The Bertz CT molecular complexity index is 432. The third kappa shape index (κ3) is 37.8. The molecule has 0 atom stereocenters. The van der Waals surface area contributed by atoms with Gasteiger partial charge >= 0.3 is 11.9 Å². The first-order valence-electron chi connectivity index (χ1n) is 16.1. The number of ether oxygens (including phenoxy) is 2. The maximum atomic E-state index is 10.8. The topological polar surface area (TPSA) is 52.6 Å². The van der Waals surface area contributed by atoms with Crippen molar-refractivity contribution in [3.05, 3.63) is 0 Å². The van der Waals surface area contributed by atoms with Gasteiger partial charge in [0.05, 0.1) is 24.7 Å². The van der Waals surface area contributed by atoms with Gasteiger partial charge in [0.15, 0.2) is 0 Å². The molecular weight excluding hydrogens is 512 g/mol. The zero-order valence-electron chi connectivity index (χ0n) is 25.3. The molecule has 0 fully saturated rings. The summed E-state index contributed by atoms with van der Waals surface area (Å²) in [5.41, 5.74) is 0. The van der Waals surface area contributed by atoms with Gasteiger partial charge in [-0.25, -0.2) is 0 Å². The Balaban J connectivity index is 0. The standard InChI is InChI=1S/2C16H32O2S/c2*1-2-3-4-5-6-7-8-9-10-11-12-13-14-18-16(17)15-19/h2*19H,2-15H2,1H3. The molecule has 0 aromatic rings. The van der Waals surface area contributed by atoms with Crippen LogP contribution in [-0.4, -0.2) is 36.7 Å². The van der Waals surface area contributed by atoms with Gasteiger partial charge in [-0.1, -0.05) is 155 Å². The molecule has 6 heteroatoms. The van der Waals surface area contributed by atoms with E-state index in [1.165, 1.54) is 141 Å². The van der Waals surface area contributed by atoms with Crippen molar-refractivity contribution in [3.63, 3.8) is 0 Å². The maximum Gasteiger partial charge on any atom is 0.315 e. The lowest BCUT2D eigenvalue weighted by atomic mass is 10.1. The summed E-state index contributed by atoms with van der Waals surface area (Å²) < 4.78 is 9.94. The monoisotopic (exact) mass is 576 g/mol. The molecule has 0 bridgehead atoms. The number of hydrogen-bond acceptors (Lipinski definition) is 6. The highest BCUT2D eigenvalue weighted by atomic mass is 32.1. The molecule has 0 aliphatic heterocycles. The molecule has 0 rings (SSSR count). The molecule has 0 unspecified atom stereocenters. The molecule has 0 aliphatic rings. The maximum absolute atomic E-state index is 10.8. The highest BCUT2D eigenvalue weighted by molar-refractivity contribution is 7.81. The van der Waals surface area contributed by atoms with Crippen LogP contribution in [0.4, 0.5) is 0 Å². The number of hydrogen-bond donors (Lipinski definition) is 2. The number of carbonyl (C=O) groups is 2. The van der Waals surface area contributed by atoms with Gasteiger partial charge in [0.2, 0.25) is 0 Å². The van der Waals surface area contributed by atoms with Crippen LogP contribution in [-0.2, 0) is 19.1 Å². The van der Waals surface area contributed by atoms with Crippen molar-refractivity contribution in [2.24, 2.45) is 0 Å². The van der Waals surface area contributed by atoms with Crippen LogP contribution in [0.5, 0.6) is 0 Å². The van der Waals surface area contributed by atoms with Gasteiger partial charge in [-0.05, 0) is 12.8 Å². The molecule has 0 saturated heterocycles. The number of rotatable bonds is 28.